The summed E-state index contributed by atoms with van der Waals surface area (Å²) in [6.07, 6.45) is 1.55. The van der Waals surface area contributed by atoms with Crippen LogP contribution < -0.4 is 5.32 Å². The van der Waals surface area contributed by atoms with E-state index >= 15 is 0 Å². The lowest BCUT2D eigenvalue weighted by molar-refractivity contribution is -0.143. The Morgan fingerprint density at radius 2 is 1.77 bits per heavy atom. The van der Waals surface area contributed by atoms with Crippen LogP contribution in [0.5, 0.6) is 0 Å². The van der Waals surface area contributed by atoms with Crippen LogP contribution in [0.3, 0.4) is 0 Å². The molecular weight excluding hydrogens is 376 g/mol. The number of benzene rings is 2. The number of nitrogens with one attached hydrogen (secondary N) is 1. The van der Waals surface area contributed by atoms with E-state index in [0.717, 1.165) is 34.5 Å². The molecule has 0 aliphatic carbocycles. The number of aromatic nitrogens is 2. The quantitative estimate of drug-likeness (QED) is 0.711. The first-order valence-electron chi connectivity index (χ1n) is 10.4. The van der Waals surface area contributed by atoms with Gasteiger partial charge in [0.1, 0.15) is 11.9 Å². The number of amides is 2. The minimum Gasteiger partial charge on any atom is -0.330 e. The van der Waals surface area contributed by atoms with Gasteiger partial charge in [0.15, 0.2) is 0 Å². The molecule has 30 heavy (non-hydrogen) atoms. The lowest BCUT2D eigenvalue weighted by Gasteiger charge is -2.30. The van der Waals surface area contributed by atoms with Crippen molar-refractivity contribution < 1.29 is 9.59 Å². The second kappa shape index (κ2) is 7.59. The van der Waals surface area contributed by atoms with Gasteiger partial charge in [-0.15, -0.1) is 0 Å². The van der Waals surface area contributed by atoms with E-state index in [1.165, 1.54) is 0 Å². The van der Waals surface area contributed by atoms with Crippen LogP contribution in [0.1, 0.15) is 33.6 Å². The summed E-state index contributed by atoms with van der Waals surface area (Å²) in [5, 5.41) is 2.98. The van der Waals surface area contributed by atoms with Gasteiger partial charge in [0.25, 0.3) is 0 Å². The van der Waals surface area contributed by atoms with Gasteiger partial charge in [-0.1, -0.05) is 32.9 Å². The summed E-state index contributed by atoms with van der Waals surface area (Å²) in [4.78, 5) is 32.0. The van der Waals surface area contributed by atoms with E-state index in [1.807, 2.05) is 76.3 Å². The zero-order valence-corrected chi connectivity index (χ0v) is 18.0. The summed E-state index contributed by atoms with van der Waals surface area (Å²) in [5.41, 5.74) is 3.25. The first-order valence-corrected chi connectivity index (χ1v) is 10.4. The molecule has 1 atom stereocenters. The summed E-state index contributed by atoms with van der Waals surface area (Å²) in [7, 11) is 2.00. The van der Waals surface area contributed by atoms with E-state index in [-0.39, 0.29) is 11.8 Å². The zero-order chi connectivity index (χ0) is 21.5. The molecule has 0 spiro atoms. The van der Waals surface area contributed by atoms with Gasteiger partial charge >= 0.3 is 0 Å². The maximum atomic E-state index is 12.9. The van der Waals surface area contributed by atoms with Crippen molar-refractivity contribution in [3.05, 3.63) is 48.5 Å². The molecule has 156 valence electrons. The minimum atomic E-state index is -0.490. The Labute approximate surface area is 176 Å². The molecule has 1 aliphatic heterocycles. The lowest BCUT2D eigenvalue weighted by atomic mass is 9.94. The van der Waals surface area contributed by atoms with Crippen molar-refractivity contribution in [3.63, 3.8) is 0 Å². The number of hydrogen-bond acceptors (Lipinski definition) is 3. The van der Waals surface area contributed by atoms with E-state index in [1.54, 1.807) is 4.90 Å². The van der Waals surface area contributed by atoms with Gasteiger partial charge in [-0.3, -0.25) is 9.59 Å². The van der Waals surface area contributed by atoms with E-state index in [2.05, 4.69) is 9.88 Å². The molecule has 4 rings (SSSR count). The van der Waals surface area contributed by atoms with Crippen LogP contribution in [0.25, 0.3) is 22.4 Å². The normalized spacial score (nSPS) is 16.8. The monoisotopic (exact) mass is 404 g/mol. The summed E-state index contributed by atoms with van der Waals surface area (Å²) in [5.74, 6) is 0.782. The summed E-state index contributed by atoms with van der Waals surface area (Å²) in [6.45, 7) is 6.31. The van der Waals surface area contributed by atoms with E-state index in [9.17, 15) is 9.59 Å². The average molecular weight is 405 g/mol. The first kappa shape index (κ1) is 20.1. The molecule has 6 nitrogen and oxygen atoms in total. The van der Waals surface area contributed by atoms with Crippen molar-refractivity contribution in [2.45, 2.75) is 39.7 Å². The van der Waals surface area contributed by atoms with Gasteiger partial charge < -0.3 is 14.8 Å². The molecule has 1 aliphatic rings. The highest BCUT2D eigenvalue weighted by Gasteiger charge is 2.38. The Hall–Kier alpha value is -3.15. The minimum absolute atomic E-state index is 0.0253. The van der Waals surface area contributed by atoms with Crippen LogP contribution in [0.4, 0.5) is 5.69 Å². The molecule has 2 heterocycles. The Bertz CT molecular complexity index is 1090. The van der Waals surface area contributed by atoms with Crippen LogP contribution in [-0.4, -0.2) is 38.9 Å². The van der Waals surface area contributed by atoms with Gasteiger partial charge in [-0.05, 0) is 49.2 Å². The highest BCUT2D eigenvalue weighted by Crippen LogP contribution is 2.27. The van der Waals surface area contributed by atoms with Crippen molar-refractivity contribution in [1.29, 1.82) is 0 Å². The molecule has 2 amide bonds. The van der Waals surface area contributed by atoms with Gasteiger partial charge in [0.2, 0.25) is 11.8 Å². The fourth-order valence-corrected chi connectivity index (χ4v) is 4.05. The number of anilines is 1. The number of imidazole rings is 1. The Morgan fingerprint density at radius 1 is 1.07 bits per heavy atom. The molecule has 1 saturated heterocycles. The standard InChI is InChI=1S/C24H28N4O2/c1-24(2,3)23(30)28-15-7-10-20(28)22(29)25-17-13-11-16(12-14-17)21-26-18-8-5-6-9-19(18)27(21)4/h5-6,8-9,11-14,20H,7,10,15H2,1-4H3,(H,25,29). The number of aryl methyl sites for hydroxylation is 1. The third-order valence-electron chi connectivity index (χ3n) is 5.66. The lowest BCUT2D eigenvalue weighted by Crippen LogP contribution is -2.47. The fraction of sp³-hybridized carbons (Fsp3) is 0.375. The van der Waals surface area contributed by atoms with Gasteiger partial charge in [-0.25, -0.2) is 4.98 Å². The van der Waals surface area contributed by atoms with Gasteiger partial charge in [0.05, 0.1) is 11.0 Å². The summed E-state index contributed by atoms with van der Waals surface area (Å²) >= 11 is 0. The van der Waals surface area contributed by atoms with Crippen molar-refractivity contribution in [1.82, 2.24) is 14.5 Å². The maximum absolute atomic E-state index is 12.9. The Morgan fingerprint density at radius 3 is 2.43 bits per heavy atom. The number of hydrogen-bond donors (Lipinski definition) is 1. The maximum Gasteiger partial charge on any atom is 0.247 e. The number of rotatable bonds is 3. The number of nitrogens with zero attached hydrogens (tertiary/aromatic N) is 3. The molecular formula is C24H28N4O2. The van der Waals surface area contributed by atoms with Crippen molar-refractivity contribution in [2.75, 3.05) is 11.9 Å². The number of carbonyl (C=O) groups excluding carboxylic acids is 2. The highest BCUT2D eigenvalue weighted by molar-refractivity contribution is 5.98. The Kier molecular flexibility index (Phi) is 5.10. The third kappa shape index (κ3) is 3.70. The molecule has 1 fully saturated rings. The number of likely N-dealkylation sites (tertiary alicyclic amines) is 1. The summed E-state index contributed by atoms with van der Waals surface area (Å²) < 4.78 is 2.07. The largest absolute Gasteiger partial charge is 0.330 e. The van der Waals surface area contributed by atoms with Gasteiger partial charge in [0, 0.05) is 30.3 Å². The second-order valence-corrected chi connectivity index (χ2v) is 8.96. The van der Waals surface area contributed by atoms with Crippen molar-refractivity contribution >= 4 is 28.5 Å². The number of carbonyl (C=O) groups is 2. The topological polar surface area (TPSA) is 67.2 Å². The van der Waals surface area contributed by atoms with Crippen LogP contribution in [0.15, 0.2) is 48.5 Å². The van der Waals surface area contributed by atoms with Crippen molar-refractivity contribution in [3.8, 4) is 11.4 Å². The van der Waals surface area contributed by atoms with E-state index in [4.69, 9.17) is 4.98 Å². The van der Waals surface area contributed by atoms with Crippen LogP contribution >= 0.6 is 0 Å². The molecule has 6 heteroatoms. The molecule has 3 aromatic rings. The van der Waals surface area contributed by atoms with Crippen LogP contribution in [0.2, 0.25) is 0 Å². The predicted molar refractivity (Wildman–Crippen MR) is 119 cm³/mol. The van der Waals surface area contributed by atoms with Gasteiger partial charge in [-0.2, -0.15) is 0 Å². The predicted octanol–water partition coefficient (Wildman–Crippen LogP) is 4.22. The van der Waals surface area contributed by atoms with Crippen LogP contribution in [0, 0.1) is 5.41 Å². The Balaban J connectivity index is 1.50. The number of para-hydroxylation sites is 2. The van der Waals surface area contributed by atoms with E-state index in [0.29, 0.717) is 13.0 Å². The number of fused-ring (bicyclic) bond motifs is 1. The SMILES string of the molecule is Cn1c(-c2ccc(NC(=O)C3CCCN3C(=O)C(C)(C)C)cc2)nc2ccccc21. The summed E-state index contributed by atoms with van der Waals surface area (Å²) in [6, 6.07) is 15.3. The molecule has 1 aromatic heterocycles. The molecule has 2 aromatic carbocycles. The van der Waals surface area contributed by atoms with Crippen molar-refractivity contribution in [2.24, 2.45) is 12.5 Å². The molecule has 1 N–H and O–H groups in total. The fourth-order valence-electron chi connectivity index (χ4n) is 4.05. The van der Waals surface area contributed by atoms with Crippen LogP contribution in [-0.2, 0) is 16.6 Å². The smallest absolute Gasteiger partial charge is 0.247 e. The average Bonchev–Trinajstić information content (AvgIpc) is 3.33. The molecule has 1 unspecified atom stereocenters. The zero-order valence-electron chi connectivity index (χ0n) is 18.0. The first-order chi connectivity index (χ1) is 14.3. The molecule has 0 saturated carbocycles. The second-order valence-electron chi connectivity index (χ2n) is 8.96. The highest BCUT2D eigenvalue weighted by atomic mass is 16.2. The third-order valence-corrected chi connectivity index (χ3v) is 5.66. The van der Waals surface area contributed by atoms with E-state index < -0.39 is 11.5 Å². The molecule has 0 radical (unpaired) electrons. The molecule has 0 bridgehead atoms.